The summed E-state index contributed by atoms with van der Waals surface area (Å²) in [4.78, 5) is 23.5. The molecule has 8 nitrogen and oxygen atoms in total. The molecule has 2 aliphatic rings. The van der Waals surface area contributed by atoms with Crippen LogP contribution in [0.3, 0.4) is 0 Å². The predicted molar refractivity (Wildman–Crippen MR) is 105 cm³/mol. The fourth-order valence-corrected chi connectivity index (χ4v) is 3.74. The predicted octanol–water partition coefficient (Wildman–Crippen LogP) is 2.33. The van der Waals surface area contributed by atoms with Gasteiger partial charge >= 0.3 is 5.97 Å². The van der Waals surface area contributed by atoms with Gasteiger partial charge in [-0.25, -0.2) is 4.79 Å². The van der Waals surface area contributed by atoms with Crippen molar-refractivity contribution in [1.29, 1.82) is 0 Å². The lowest BCUT2D eigenvalue weighted by molar-refractivity contribution is -0.384. The first-order chi connectivity index (χ1) is 13.3. The third-order valence-electron chi connectivity index (χ3n) is 4.91. The average Bonchev–Trinajstić information content (AvgIpc) is 2.67. The highest BCUT2D eigenvalue weighted by Gasteiger charge is 2.42. The van der Waals surface area contributed by atoms with Gasteiger partial charge in [0, 0.05) is 35.0 Å². The summed E-state index contributed by atoms with van der Waals surface area (Å²) < 4.78 is 5.01. The van der Waals surface area contributed by atoms with Gasteiger partial charge in [-0.15, -0.1) is 0 Å². The normalized spacial score (nSPS) is 23.9. The maximum Gasteiger partial charge on any atom is 0.336 e. The molecular weight excluding hydrogens is 360 g/mol. The fourth-order valence-electron chi connectivity index (χ4n) is 3.74. The van der Waals surface area contributed by atoms with Crippen molar-refractivity contribution in [3.63, 3.8) is 0 Å². The number of nitrogens with two attached hydrogens (primary N) is 1. The van der Waals surface area contributed by atoms with E-state index in [1.54, 1.807) is 31.3 Å². The second kappa shape index (κ2) is 7.32. The van der Waals surface area contributed by atoms with E-state index in [2.05, 4.69) is 10.6 Å². The molecule has 0 saturated heterocycles. The minimum absolute atomic E-state index is 0.0620. The SMILES string of the molecule is COC(=O)C1=C(C)NC(C)=C(C2(N)C=CC=CN2)C1c1cccc([N+](=O)[O-])c1. The lowest BCUT2D eigenvalue weighted by Crippen LogP contribution is -2.55. The third kappa shape index (κ3) is 3.29. The minimum Gasteiger partial charge on any atom is -0.466 e. The van der Waals surface area contributed by atoms with Crippen molar-refractivity contribution in [1.82, 2.24) is 10.6 Å². The monoisotopic (exact) mass is 382 g/mol. The molecule has 0 bridgehead atoms. The van der Waals surface area contributed by atoms with Gasteiger partial charge in [0.15, 0.2) is 0 Å². The number of carbonyl (C=O) groups excluding carboxylic acids is 1. The quantitative estimate of drug-likeness (QED) is 0.415. The molecule has 4 N–H and O–H groups in total. The van der Waals surface area contributed by atoms with E-state index in [0.29, 0.717) is 22.4 Å². The van der Waals surface area contributed by atoms with Crippen molar-refractivity contribution in [3.8, 4) is 0 Å². The Bertz CT molecular complexity index is 961. The zero-order valence-electron chi connectivity index (χ0n) is 15.9. The highest BCUT2D eigenvalue weighted by molar-refractivity contribution is 5.93. The molecule has 1 aromatic rings. The topological polar surface area (TPSA) is 120 Å². The molecule has 0 aliphatic carbocycles. The molecule has 8 heteroatoms. The Morgan fingerprint density at radius 2 is 2.04 bits per heavy atom. The Hall–Kier alpha value is -3.39. The molecule has 2 aliphatic heterocycles. The van der Waals surface area contributed by atoms with Crippen molar-refractivity contribution < 1.29 is 14.5 Å². The fraction of sp³-hybridized carbons (Fsp3) is 0.250. The van der Waals surface area contributed by atoms with E-state index in [1.165, 1.54) is 19.2 Å². The van der Waals surface area contributed by atoms with E-state index in [1.807, 2.05) is 19.1 Å². The zero-order chi connectivity index (χ0) is 20.5. The number of nitrogens with zero attached hydrogens (tertiary/aromatic N) is 1. The highest BCUT2D eigenvalue weighted by atomic mass is 16.6. The molecule has 0 amide bonds. The Balaban J connectivity index is 2.25. The number of methoxy groups -OCH3 is 1. The van der Waals surface area contributed by atoms with Crippen LogP contribution in [0.4, 0.5) is 5.69 Å². The van der Waals surface area contributed by atoms with Crippen LogP contribution in [0.5, 0.6) is 0 Å². The zero-order valence-corrected chi connectivity index (χ0v) is 15.9. The van der Waals surface area contributed by atoms with Crippen LogP contribution in [0, 0.1) is 10.1 Å². The number of dihydropyridines is 2. The number of benzene rings is 1. The Labute approximate surface area is 162 Å². The van der Waals surface area contributed by atoms with Crippen molar-refractivity contribution in [2.75, 3.05) is 7.11 Å². The van der Waals surface area contributed by atoms with Crippen LogP contribution in [0.1, 0.15) is 25.3 Å². The molecule has 0 aromatic heterocycles. The number of rotatable bonds is 4. The molecule has 2 unspecified atom stereocenters. The number of nitro groups is 1. The molecule has 3 rings (SSSR count). The maximum absolute atomic E-state index is 12.6. The Morgan fingerprint density at radius 1 is 1.29 bits per heavy atom. The molecule has 0 saturated carbocycles. The molecule has 1 aromatic carbocycles. The summed E-state index contributed by atoms with van der Waals surface area (Å²) in [6.45, 7) is 3.63. The van der Waals surface area contributed by atoms with E-state index in [-0.39, 0.29) is 5.69 Å². The van der Waals surface area contributed by atoms with Crippen molar-refractivity contribution in [2.24, 2.45) is 5.73 Å². The number of esters is 1. The van der Waals surface area contributed by atoms with E-state index < -0.39 is 22.5 Å². The van der Waals surface area contributed by atoms with E-state index in [4.69, 9.17) is 10.5 Å². The summed E-state index contributed by atoms with van der Waals surface area (Å²) in [5.41, 5.74) is 8.50. The van der Waals surface area contributed by atoms with E-state index in [0.717, 1.165) is 5.70 Å². The second-order valence-electron chi connectivity index (χ2n) is 6.71. The van der Waals surface area contributed by atoms with Gasteiger partial charge in [-0.05, 0) is 37.8 Å². The Kier molecular flexibility index (Phi) is 5.06. The standard InChI is InChI=1S/C20H22N4O4/c1-12-16(19(25)28-3)17(14-7-6-8-15(11-14)24(26)27)18(13(2)23-12)20(21)9-4-5-10-22-20/h4-11,17,22-23H,21H2,1-3H3. The summed E-state index contributed by atoms with van der Waals surface area (Å²) in [5.74, 6) is -1.15. The van der Waals surface area contributed by atoms with Crippen LogP contribution in [0.2, 0.25) is 0 Å². The van der Waals surface area contributed by atoms with E-state index in [9.17, 15) is 14.9 Å². The van der Waals surface area contributed by atoms with Crippen molar-refractivity contribution >= 4 is 11.7 Å². The molecule has 0 spiro atoms. The highest BCUT2D eigenvalue weighted by Crippen LogP contribution is 2.43. The number of carbonyl (C=O) groups is 1. The van der Waals surface area contributed by atoms with Crippen LogP contribution in [-0.2, 0) is 9.53 Å². The molecule has 0 radical (unpaired) electrons. The summed E-state index contributed by atoms with van der Waals surface area (Å²) in [5, 5.41) is 17.6. The molecule has 2 heterocycles. The van der Waals surface area contributed by atoms with Crippen LogP contribution < -0.4 is 16.4 Å². The van der Waals surface area contributed by atoms with Gasteiger partial charge in [0.1, 0.15) is 5.66 Å². The number of allylic oxidation sites excluding steroid dienone is 4. The minimum atomic E-state index is -1.08. The van der Waals surface area contributed by atoms with Gasteiger partial charge in [-0.3, -0.25) is 10.1 Å². The van der Waals surface area contributed by atoms with Gasteiger partial charge in [0.2, 0.25) is 0 Å². The lowest BCUT2D eigenvalue weighted by Gasteiger charge is -2.40. The van der Waals surface area contributed by atoms with Crippen LogP contribution in [0.25, 0.3) is 0 Å². The summed E-state index contributed by atoms with van der Waals surface area (Å²) in [7, 11) is 1.30. The van der Waals surface area contributed by atoms with Gasteiger partial charge in [-0.1, -0.05) is 18.2 Å². The van der Waals surface area contributed by atoms with Gasteiger partial charge in [0.05, 0.1) is 17.6 Å². The number of hydrogen-bond donors (Lipinski definition) is 3. The molecular formula is C20H22N4O4. The number of non-ortho nitro benzene ring substituents is 1. The third-order valence-corrected chi connectivity index (χ3v) is 4.91. The number of ether oxygens (including phenoxy) is 1. The number of hydrogen-bond acceptors (Lipinski definition) is 7. The van der Waals surface area contributed by atoms with Crippen molar-refractivity contribution in [2.45, 2.75) is 25.4 Å². The van der Waals surface area contributed by atoms with Crippen molar-refractivity contribution in [3.05, 3.63) is 86.9 Å². The molecule has 2 atom stereocenters. The first-order valence-corrected chi connectivity index (χ1v) is 8.71. The first kappa shape index (κ1) is 19.4. The number of nitrogens with one attached hydrogen (secondary N) is 2. The molecule has 0 fully saturated rings. The maximum atomic E-state index is 12.6. The van der Waals surface area contributed by atoms with E-state index >= 15 is 0 Å². The lowest BCUT2D eigenvalue weighted by atomic mass is 9.74. The molecule has 146 valence electrons. The van der Waals surface area contributed by atoms with Gasteiger partial charge in [-0.2, -0.15) is 0 Å². The van der Waals surface area contributed by atoms with Crippen LogP contribution >= 0.6 is 0 Å². The molecule has 28 heavy (non-hydrogen) atoms. The number of nitro benzene ring substituents is 1. The van der Waals surface area contributed by atoms with Crippen LogP contribution in [-0.4, -0.2) is 23.7 Å². The summed E-state index contributed by atoms with van der Waals surface area (Å²) in [6.07, 6.45) is 7.12. The largest absolute Gasteiger partial charge is 0.466 e. The van der Waals surface area contributed by atoms with Gasteiger partial charge < -0.3 is 21.1 Å². The first-order valence-electron chi connectivity index (χ1n) is 8.71. The average molecular weight is 382 g/mol. The second-order valence-corrected chi connectivity index (χ2v) is 6.71. The smallest absolute Gasteiger partial charge is 0.336 e. The summed E-state index contributed by atoms with van der Waals surface area (Å²) in [6, 6.07) is 6.22. The van der Waals surface area contributed by atoms with Gasteiger partial charge in [0.25, 0.3) is 5.69 Å². The van der Waals surface area contributed by atoms with Crippen LogP contribution in [0.15, 0.2) is 71.2 Å². The Morgan fingerprint density at radius 3 is 2.64 bits per heavy atom. The summed E-state index contributed by atoms with van der Waals surface area (Å²) >= 11 is 0.